The van der Waals surface area contributed by atoms with Crippen LogP contribution in [-0.2, 0) is 6.54 Å². The van der Waals surface area contributed by atoms with Gasteiger partial charge in [0.1, 0.15) is 5.82 Å². The normalized spacial score (nSPS) is 11.4. The van der Waals surface area contributed by atoms with Crippen LogP contribution in [0, 0.1) is 5.82 Å². The van der Waals surface area contributed by atoms with E-state index in [0.717, 1.165) is 12.1 Å². The second-order valence-electron chi connectivity index (χ2n) is 5.18. The van der Waals surface area contributed by atoms with E-state index in [9.17, 15) is 14.3 Å². The molecule has 1 amide bonds. The number of nitrogens with one attached hydrogen (secondary N) is 1. The van der Waals surface area contributed by atoms with Crippen molar-refractivity contribution < 1.29 is 14.3 Å². The standard InChI is InChI=1S/C14H21FN2O2/c1-4-16-14(2,3)10-17(13(18)19)9-11-5-7-12(15)8-6-11/h5-8,16H,4,9-10H2,1-3H3,(H,18,19). The summed E-state index contributed by atoms with van der Waals surface area (Å²) in [6.45, 7) is 7.29. The van der Waals surface area contributed by atoms with Gasteiger partial charge in [-0.05, 0) is 38.1 Å². The van der Waals surface area contributed by atoms with Crippen LogP contribution >= 0.6 is 0 Å². The predicted octanol–water partition coefficient (Wildman–Crippen LogP) is 2.69. The molecule has 0 aliphatic carbocycles. The van der Waals surface area contributed by atoms with E-state index in [0.29, 0.717) is 6.54 Å². The van der Waals surface area contributed by atoms with E-state index in [2.05, 4.69) is 5.32 Å². The monoisotopic (exact) mass is 268 g/mol. The molecule has 0 saturated carbocycles. The van der Waals surface area contributed by atoms with Crippen molar-refractivity contribution in [2.75, 3.05) is 13.1 Å². The van der Waals surface area contributed by atoms with Gasteiger partial charge in [-0.15, -0.1) is 0 Å². The number of hydrogen-bond acceptors (Lipinski definition) is 2. The average Bonchev–Trinajstić information content (AvgIpc) is 2.30. The number of amides is 1. The highest BCUT2D eigenvalue weighted by Gasteiger charge is 2.23. The fraction of sp³-hybridized carbons (Fsp3) is 0.500. The van der Waals surface area contributed by atoms with Crippen LogP contribution in [0.4, 0.5) is 9.18 Å². The number of nitrogens with zero attached hydrogens (tertiary/aromatic N) is 1. The van der Waals surface area contributed by atoms with E-state index < -0.39 is 6.09 Å². The van der Waals surface area contributed by atoms with Crippen molar-refractivity contribution in [1.29, 1.82) is 0 Å². The maximum Gasteiger partial charge on any atom is 0.407 e. The predicted molar refractivity (Wildman–Crippen MR) is 72.6 cm³/mol. The highest BCUT2D eigenvalue weighted by atomic mass is 19.1. The molecule has 0 fully saturated rings. The molecule has 0 aromatic heterocycles. The van der Waals surface area contributed by atoms with Crippen molar-refractivity contribution in [3.05, 3.63) is 35.6 Å². The van der Waals surface area contributed by atoms with Crippen molar-refractivity contribution in [3.8, 4) is 0 Å². The van der Waals surface area contributed by atoms with Gasteiger partial charge in [0.05, 0.1) is 0 Å². The smallest absolute Gasteiger partial charge is 0.407 e. The molecule has 0 atom stereocenters. The van der Waals surface area contributed by atoms with E-state index in [1.165, 1.54) is 17.0 Å². The molecular weight excluding hydrogens is 247 g/mol. The van der Waals surface area contributed by atoms with Gasteiger partial charge < -0.3 is 15.3 Å². The Hall–Kier alpha value is -1.62. The van der Waals surface area contributed by atoms with Crippen LogP contribution in [0.3, 0.4) is 0 Å². The number of halogens is 1. The van der Waals surface area contributed by atoms with Crippen LogP contribution in [0.15, 0.2) is 24.3 Å². The maximum absolute atomic E-state index is 12.8. The number of carbonyl (C=O) groups is 1. The number of benzene rings is 1. The maximum atomic E-state index is 12.8. The first-order valence-electron chi connectivity index (χ1n) is 6.31. The fourth-order valence-electron chi connectivity index (χ4n) is 2.01. The Balaban J connectivity index is 2.73. The summed E-state index contributed by atoms with van der Waals surface area (Å²) in [5.41, 5.74) is 0.476. The second kappa shape index (κ2) is 6.52. The lowest BCUT2D eigenvalue weighted by Gasteiger charge is -2.31. The van der Waals surface area contributed by atoms with Crippen LogP contribution in [0.2, 0.25) is 0 Å². The summed E-state index contributed by atoms with van der Waals surface area (Å²) in [5.74, 6) is -0.321. The molecule has 0 spiro atoms. The van der Waals surface area contributed by atoms with Gasteiger partial charge >= 0.3 is 6.09 Å². The Morgan fingerprint density at radius 2 is 1.95 bits per heavy atom. The van der Waals surface area contributed by atoms with Crippen molar-refractivity contribution >= 4 is 6.09 Å². The molecular formula is C14H21FN2O2. The zero-order chi connectivity index (χ0) is 14.5. The van der Waals surface area contributed by atoms with Gasteiger partial charge in [0.15, 0.2) is 0 Å². The third-order valence-corrected chi connectivity index (χ3v) is 2.80. The van der Waals surface area contributed by atoms with Gasteiger partial charge in [-0.25, -0.2) is 9.18 Å². The molecule has 0 heterocycles. The highest BCUT2D eigenvalue weighted by molar-refractivity contribution is 5.65. The van der Waals surface area contributed by atoms with E-state index in [1.807, 2.05) is 20.8 Å². The summed E-state index contributed by atoms with van der Waals surface area (Å²) in [4.78, 5) is 12.6. The molecule has 2 N–H and O–H groups in total. The van der Waals surface area contributed by atoms with Crippen molar-refractivity contribution in [2.45, 2.75) is 32.9 Å². The molecule has 1 aromatic carbocycles. The van der Waals surface area contributed by atoms with Gasteiger partial charge in [-0.1, -0.05) is 19.1 Å². The summed E-state index contributed by atoms with van der Waals surface area (Å²) in [7, 11) is 0. The van der Waals surface area contributed by atoms with E-state index >= 15 is 0 Å². The number of carboxylic acid groups (broad SMARTS) is 1. The van der Waals surface area contributed by atoms with Crippen LogP contribution in [0.5, 0.6) is 0 Å². The first-order chi connectivity index (χ1) is 8.84. The van der Waals surface area contributed by atoms with Crippen LogP contribution in [0.25, 0.3) is 0 Å². The van der Waals surface area contributed by atoms with Gasteiger partial charge in [0, 0.05) is 18.6 Å². The molecule has 0 unspecified atom stereocenters. The van der Waals surface area contributed by atoms with Crippen molar-refractivity contribution in [2.24, 2.45) is 0 Å². The van der Waals surface area contributed by atoms with Crippen LogP contribution in [0.1, 0.15) is 26.3 Å². The Labute approximate surface area is 113 Å². The zero-order valence-electron chi connectivity index (χ0n) is 11.6. The topological polar surface area (TPSA) is 52.6 Å². The molecule has 0 bridgehead atoms. The number of hydrogen-bond donors (Lipinski definition) is 2. The average molecular weight is 268 g/mol. The lowest BCUT2D eigenvalue weighted by molar-refractivity contribution is 0.127. The zero-order valence-corrected chi connectivity index (χ0v) is 11.6. The summed E-state index contributed by atoms with van der Waals surface area (Å²) < 4.78 is 12.8. The Morgan fingerprint density at radius 3 is 2.42 bits per heavy atom. The number of likely N-dealkylation sites (N-methyl/N-ethyl adjacent to an activating group) is 1. The molecule has 19 heavy (non-hydrogen) atoms. The van der Waals surface area contributed by atoms with Gasteiger partial charge in [0.25, 0.3) is 0 Å². The Kier molecular flexibility index (Phi) is 5.30. The van der Waals surface area contributed by atoms with E-state index in [1.54, 1.807) is 12.1 Å². The SMILES string of the molecule is CCNC(C)(C)CN(Cc1ccc(F)cc1)C(=O)O. The minimum atomic E-state index is -0.977. The molecule has 1 rings (SSSR count). The first kappa shape index (κ1) is 15.4. The molecule has 5 heteroatoms. The van der Waals surface area contributed by atoms with E-state index in [4.69, 9.17) is 0 Å². The largest absolute Gasteiger partial charge is 0.465 e. The third kappa shape index (κ3) is 5.26. The quantitative estimate of drug-likeness (QED) is 0.834. The molecule has 4 nitrogen and oxygen atoms in total. The second-order valence-corrected chi connectivity index (χ2v) is 5.18. The van der Waals surface area contributed by atoms with Crippen molar-refractivity contribution in [1.82, 2.24) is 10.2 Å². The fourth-order valence-corrected chi connectivity index (χ4v) is 2.01. The van der Waals surface area contributed by atoms with Crippen LogP contribution < -0.4 is 5.32 Å². The molecule has 0 radical (unpaired) electrons. The summed E-state index contributed by atoms with van der Waals surface area (Å²) in [6, 6.07) is 5.88. The Morgan fingerprint density at radius 1 is 1.37 bits per heavy atom. The van der Waals surface area contributed by atoms with E-state index in [-0.39, 0.29) is 17.9 Å². The lowest BCUT2D eigenvalue weighted by atomic mass is 10.0. The van der Waals surface area contributed by atoms with Crippen molar-refractivity contribution in [3.63, 3.8) is 0 Å². The Bertz CT molecular complexity index is 418. The summed E-state index contributed by atoms with van der Waals surface area (Å²) in [6.07, 6.45) is -0.977. The lowest BCUT2D eigenvalue weighted by Crippen LogP contribution is -2.50. The summed E-state index contributed by atoms with van der Waals surface area (Å²) >= 11 is 0. The summed E-state index contributed by atoms with van der Waals surface area (Å²) in [5, 5.41) is 12.5. The van der Waals surface area contributed by atoms with Gasteiger partial charge in [-0.2, -0.15) is 0 Å². The minimum absolute atomic E-state index is 0.254. The van der Waals surface area contributed by atoms with Gasteiger partial charge in [0.2, 0.25) is 0 Å². The molecule has 1 aromatic rings. The first-order valence-corrected chi connectivity index (χ1v) is 6.31. The highest BCUT2D eigenvalue weighted by Crippen LogP contribution is 2.11. The molecule has 0 saturated heterocycles. The minimum Gasteiger partial charge on any atom is -0.465 e. The van der Waals surface area contributed by atoms with Crippen LogP contribution in [-0.4, -0.2) is 34.7 Å². The van der Waals surface area contributed by atoms with Gasteiger partial charge in [-0.3, -0.25) is 0 Å². The molecule has 0 aliphatic rings. The molecule has 106 valence electrons. The number of rotatable bonds is 6. The third-order valence-electron chi connectivity index (χ3n) is 2.80. The molecule has 0 aliphatic heterocycles.